The highest BCUT2D eigenvalue weighted by atomic mass is 16.6. The molecule has 6 nitrogen and oxygen atoms in total. The summed E-state index contributed by atoms with van der Waals surface area (Å²) in [6.45, 7) is 5.19. The molecular weight excluding hydrogens is 332 g/mol. The molecule has 0 saturated heterocycles. The number of nitrogens with zero attached hydrogens (tertiary/aromatic N) is 2. The Morgan fingerprint density at radius 2 is 2.00 bits per heavy atom. The second kappa shape index (κ2) is 8.29. The predicted octanol–water partition coefficient (Wildman–Crippen LogP) is 3.14. The summed E-state index contributed by atoms with van der Waals surface area (Å²) in [6.07, 6.45) is 1.92. The molecule has 0 aliphatic rings. The molecule has 1 atom stereocenters. The zero-order valence-corrected chi connectivity index (χ0v) is 15.6. The fourth-order valence-corrected chi connectivity index (χ4v) is 2.66. The highest BCUT2D eigenvalue weighted by Gasteiger charge is 2.23. The van der Waals surface area contributed by atoms with Crippen LogP contribution in [0.5, 0.6) is 0 Å². The van der Waals surface area contributed by atoms with Crippen molar-refractivity contribution in [3.8, 4) is 11.1 Å². The van der Waals surface area contributed by atoms with Crippen molar-refractivity contribution in [3.05, 3.63) is 53.9 Å². The van der Waals surface area contributed by atoms with Gasteiger partial charge < -0.3 is 19.8 Å². The summed E-state index contributed by atoms with van der Waals surface area (Å²) < 4.78 is 5.30. The van der Waals surface area contributed by atoms with Crippen molar-refractivity contribution in [1.29, 1.82) is 0 Å². The van der Waals surface area contributed by atoms with E-state index >= 15 is 0 Å². The van der Waals surface area contributed by atoms with Crippen molar-refractivity contribution in [1.82, 2.24) is 9.88 Å². The van der Waals surface area contributed by atoms with E-state index in [1.165, 1.54) is 4.90 Å². The maximum Gasteiger partial charge on any atom is 0.410 e. The molecule has 26 heavy (non-hydrogen) atoms. The fraction of sp³-hybridized carbons (Fsp3) is 0.400. The normalized spacial score (nSPS) is 12.5. The molecule has 1 aromatic carbocycles. The third-order valence-corrected chi connectivity index (χ3v) is 3.85. The lowest BCUT2D eigenvalue weighted by molar-refractivity contribution is 0.0204. The largest absolute Gasteiger partial charge is 0.444 e. The molecule has 140 valence electrons. The lowest BCUT2D eigenvalue weighted by Gasteiger charge is -2.27. The molecule has 2 rings (SSSR count). The van der Waals surface area contributed by atoms with Gasteiger partial charge in [-0.1, -0.05) is 24.3 Å². The van der Waals surface area contributed by atoms with Crippen molar-refractivity contribution >= 4 is 6.09 Å². The maximum atomic E-state index is 12.1. The Morgan fingerprint density at radius 1 is 1.27 bits per heavy atom. The summed E-state index contributed by atoms with van der Waals surface area (Å²) in [5.74, 6) is 0. The smallest absolute Gasteiger partial charge is 0.410 e. The van der Waals surface area contributed by atoms with Gasteiger partial charge in [-0.2, -0.15) is 0 Å². The summed E-state index contributed by atoms with van der Waals surface area (Å²) >= 11 is 0. The fourth-order valence-electron chi connectivity index (χ4n) is 2.66. The van der Waals surface area contributed by atoms with Gasteiger partial charge in [0, 0.05) is 25.0 Å². The van der Waals surface area contributed by atoms with E-state index in [1.54, 1.807) is 46.3 Å². The van der Waals surface area contributed by atoms with Crippen molar-refractivity contribution in [3.63, 3.8) is 0 Å². The van der Waals surface area contributed by atoms with Gasteiger partial charge >= 0.3 is 6.09 Å². The van der Waals surface area contributed by atoms with Crippen LogP contribution in [0.4, 0.5) is 4.79 Å². The molecule has 1 unspecified atom stereocenters. The first kappa shape index (κ1) is 19.9. The lowest BCUT2D eigenvalue weighted by Crippen LogP contribution is -2.36. The molecule has 0 spiro atoms. The number of ether oxygens (including phenoxy) is 1. The minimum atomic E-state index is -0.953. The molecule has 0 fully saturated rings. The number of hydrogen-bond acceptors (Lipinski definition) is 5. The minimum absolute atomic E-state index is 0.0540. The second-order valence-corrected chi connectivity index (χ2v) is 7.15. The molecule has 2 N–H and O–H groups in total. The van der Waals surface area contributed by atoms with Crippen LogP contribution in [0.3, 0.4) is 0 Å². The number of aromatic nitrogens is 1. The zero-order valence-electron chi connectivity index (χ0n) is 15.6. The van der Waals surface area contributed by atoms with Gasteiger partial charge in [0.15, 0.2) is 0 Å². The molecule has 0 bridgehead atoms. The number of rotatable bonds is 5. The third kappa shape index (κ3) is 5.03. The average Bonchev–Trinajstić information content (AvgIpc) is 2.60. The Labute approximate surface area is 154 Å². The number of likely N-dealkylation sites (N-methyl/N-ethyl adjacent to an activating group) is 1. The van der Waals surface area contributed by atoms with Crippen LogP contribution in [0.25, 0.3) is 11.1 Å². The number of benzene rings is 1. The van der Waals surface area contributed by atoms with Crippen molar-refractivity contribution < 1.29 is 19.7 Å². The summed E-state index contributed by atoms with van der Waals surface area (Å²) in [7, 11) is 1.57. The van der Waals surface area contributed by atoms with Crippen LogP contribution in [0.1, 0.15) is 38.0 Å². The lowest BCUT2D eigenvalue weighted by atomic mass is 9.94. The van der Waals surface area contributed by atoms with E-state index in [0.717, 1.165) is 11.1 Å². The Hall–Kier alpha value is -2.44. The van der Waals surface area contributed by atoms with Gasteiger partial charge in [-0.15, -0.1) is 0 Å². The van der Waals surface area contributed by atoms with E-state index in [0.29, 0.717) is 11.1 Å². The molecule has 2 aromatic rings. The molecule has 0 aliphatic heterocycles. The summed E-state index contributed by atoms with van der Waals surface area (Å²) in [6, 6.07) is 9.14. The Balaban J connectivity index is 2.24. The number of carbonyl (C=O) groups is 1. The van der Waals surface area contributed by atoms with Gasteiger partial charge in [0.05, 0.1) is 19.3 Å². The van der Waals surface area contributed by atoms with E-state index in [1.807, 2.05) is 24.3 Å². The first-order valence-corrected chi connectivity index (χ1v) is 8.48. The first-order chi connectivity index (χ1) is 12.2. The monoisotopic (exact) mass is 358 g/mol. The quantitative estimate of drug-likeness (QED) is 0.858. The number of aliphatic hydroxyl groups excluding tert-OH is 2. The number of carbonyl (C=O) groups excluding carboxylic acids is 1. The number of aliphatic hydroxyl groups is 2. The van der Waals surface area contributed by atoms with Gasteiger partial charge in [0.2, 0.25) is 0 Å². The zero-order chi connectivity index (χ0) is 19.3. The highest BCUT2D eigenvalue weighted by Crippen LogP contribution is 2.29. The third-order valence-electron chi connectivity index (χ3n) is 3.85. The van der Waals surface area contributed by atoms with Gasteiger partial charge in [-0.3, -0.25) is 4.98 Å². The number of amides is 1. The van der Waals surface area contributed by atoms with Crippen LogP contribution >= 0.6 is 0 Å². The number of pyridine rings is 1. The summed E-state index contributed by atoms with van der Waals surface area (Å²) in [5.41, 5.74) is 2.24. The van der Waals surface area contributed by atoms with Crippen LogP contribution < -0.4 is 0 Å². The summed E-state index contributed by atoms with van der Waals surface area (Å²) in [5, 5.41) is 20.5. The van der Waals surface area contributed by atoms with Gasteiger partial charge in [0.25, 0.3) is 0 Å². The van der Waals surface area contributed by atoms with Crippen molar-refractivity contribution in [2.75, 3.05) is 13.6 Å². The van der Waals surface area contributed by atoms with Crippen LogP contribution in [0.15, 0.2) is 42.7 Å². The van der Waals surface area contributed by atoms with Gasteiger partial charge in [-0.05, 0) is 43.5 Å². The number of hydrogen-bond donors (Lipinski definition) is 2. The van der Waals surface area contributed by atoms with Crippen LogP contribution in [0, 0.1) is 0 Å². The topological polar surface area (TPSA) is 82.9 Å². The van der Waals surface area contributed by atoms with Crippen LogP contribution in [-0.4, -0.2) is 45.4 Å². The van der Waals surface area contributed by atoms with E-state index in [-0.39, 0.29) is 13.2 Å². The average molecular weight is 358 g/mol. The van der Waals surface area contributed by atoms with Gasteiger partial charge in [-0.25, -0.2) is 4.79 Å². The van der Waals surface area contributed by atoms with E-state index in [2.05, 4.69) is 4.98 Å². The Morgan fingerprint density at radius 3 is 2.58 bits per heavy atom. The van der Waals surface area contributed by atoms with Crippen molar-refractivity contribution in [2.45, 2.75) is 39.1 Å². The molecule has 6 heteroatoms. The first-order valence-electron chi connectivity index (χ1n) is 8.48. The maximum absolute atomic E-state index is 12.1. The van der Waals surface area contributed by atoms with E-state index in [9.17, 15) is 15.0 Å². The molecular formula is C20H26N2O4. The minimum Gasteiger partial charge on any atom is -0.444 e. The highest BCUT2D eigenvalue weighted by molar-refractivity contribution is 5.69. The summed E-state index contributed by atoms with van der Waals surface area (Å²) in [4.78, 5) is 17.5. The molecule has 0 saturated carbocycles. The van der Waals surface area contributed by atoms with E-state index < -0.39 is 17.8 Å². The molecule has 1 heterocycles. The molecule has 0 aliphatic carbocycles. The second-order valence-electron chi connectivity index (χ2n) is 7.15. The Kier molecular flexibility index (Phi) is 6.34. The Bertz CT molecular complexity index is 741. The molecule has 1 amide bonds. The molecule has 1 aromatic heterocycles. The SMILES string of the molecule is CN(CC(O)c1cccc(-c2cccnc2)c1CO)C(=O)OC(C)(C)C. The van der Waals surface area contributed by atoms with E-state index in [4.69, 9.17) is 4.74 Å². The van der Waals surface area contributed by atoms with Crippen molar-refractivity contribution in [2.24, 2.45) is 0 Å². The van der Waals surface area contributed by atoms with Crippen LogP contribution in [-0.2, 0) is 11.3 Å². The van der Waals surface area contributed by atoms with Gasteiger partial charge in [0.1, 0.15) is 5.60 Å². The van der Waals surface area contributed by atoms with Crippen LogP contribution in [0.2, 0.25) is 0 Å². The predicted molar refractivity (Wildman–Crippen MR) is 99.4 cm³/mol. The molecule has 0 radical (unpaired) electrons. The standard InChI is InChI=1S/C20H26N2O4/c1-20(2,3)26-19(25)22(4)12-18(24)16-9-5-8-15(17(16)13-23)14-7-6-10-21-11-14/h5-11,18,23-24H,12-13H2,1-4H3.